The van der Waals surface area contributed by atoms with Crippen molar-refractivity contribution >= 4 is 17.7 Å². The highest BCUT2D eigenvalue weighted by Crippen LogP contribution is 1.56. The molecule has 0 amide bonds. The number of carbonyl (C=O) groups excluding carboxylic acids is 1. The smallest absolute Gasteiger partial charge is 0.414 e. The SMILES string of the molecule is CC(C)=O.O=C(O)C(=O)O. The molecule has 0 bridgehead atoms. The van der Waals surface area contributed by atoms with Gasteiger partial charge in [0.25, 0.3) is 0 Å². The Kier molecular flexibility index (Phi) is 6.55. The first-order chi connectivity index (χ1) is 4.37. The molecule has 0 fully saturated rings. The summed E-state index contributed by atoms with van der Waals surface area (Å²) in [5, 5.41) is 14.8. The summed E-state index contributed by atoms with van der Waals surface area (Å²) in [5.41, 5.74) is 0. The van der Waals surface area contributed by atoms with Crippen molar-refractivity contribution in [3.63, 3.8) is 0 Å². The molecular formula is C5H8O5. The third-order valence-corrected chi connectivity index (χ3v) is 0.183. The summed E-state index contributed by atoms with van der Waals surface area (Å²) in [6.07, 6.45) is 0. The molecule has 0 saturated heterocycles. The molecule has 2 N–H and O–H groups in total. The van der Waals surface area contributed by atoms with Crippen molar-refractivity contribution < 1.29 is 24.6 Å². The van der Waals surface area contributed by atoms with Crippen LogP contribution in [-0.4, -0.2) is 27.9 Å². The van der Waals surface area contributed by atoms with Gasteiger partial charge < -0.3 is 15.0 Å². The second kappa shape index (κ2) is 5.74. The van der Waals surface area contributed by atoms with Crippen LogP contribution >= 0.6 is 0 Å². The second-order valence-corrected chi connectivity index (χ2v) is 1.52. The lowest BCUT2D eigenvalue weighted by atomic mass is 10.6. The van der Waals surface area contributed by atoms with Crippen molar-refractivity contribution in [2.24, 2.45) is 0 Å². The third-order valence-electron chi connectivity index (χ3n) is 0.183. The van der Waals surface area contributed by atoms with Crippen LogP contribution < -0.4 is 0 Å². The standard InChI is InChI=1S/C3H6O.C2H2O4/c1-3(2)4;3-1(4)2(5)6/h1-2H3;(H,3,4)(H,5,6). The van der Waals surface area contributed by atoms with E-state index >= 15 is 0 Å². The average Bonchev–Trinajstić information content (AvgIpc) is 1.63. The fourth-order valence-electron chi connectivity index (χ4n) is 0. The first-order valence-electron chi connectivity index (χ1n) is 2.31. The number of hydrogen-bond acceptors (Lipinski definition) is 3. The van der Waals surface area contributed by atoms with Gasteiger partial charge in [0.1, 0.15) is 5.78 Å². The number of carbonyl (C=O) groups is 3. The maximum absolute atomic E-state index is 9.44. The molecular weight excluding hydrogens is 140 g/mol. The van der Waals surface area contributed by atoms with Crippen LogP contribution in [0.2, 0.25) is 0 Å². The van der Waals surface area contributed by atoms with Crippen LogP contribution in [0.4, 0.5) is 0 Å². The first kappa shape index (κ1) is 11.4. The monoisotopic (exact) mass is 148 g/mol. The van der Waals surface area contributed by atoms with Gasteiger partial charge in [-0.2, -0.15) is 0 Å². The summed E-state index contributed by atoms with van der Waals surface area (Å²) in [6.45, 7) is 3.06. The summed E-state index contributed by atoms with van der Waals surface area (Å²) in [5.74, 6) is -3.48. The molecule has 0 unspecified atom stereocenters. The van der Waals surface area contributed by atoms with Gasteiger partial charge in [-0.1, -0.05) is 0 Å². The van der Waals surface area contributed by atoms with Crippen LogP contribution in [0, 0.1) is 0 Å². The number of carboxylic acid groups (broad SMARTS) is 2. The zero-order chi connectivity index (χ0) is 8.73. The Bertz CT molecular complexity index is 132. The average molecular weight is 148 g/mol. The van der Waals surface area contributed by atoms with Crippen molar-refractivity contribution in [1.82, 2.24) is 0 Å². The van der Waals surface area contributed by atoms with E-state index in [9.17, 15) is 4.79 Å². The Labute approximate surface area is 57.3 Å². The number of hydrogen-bond donors (Lipinski definition) is 2. The molecule has 0 saturated carbocycles. The number of ketones is 1. The Morgan fingerprint density at radius 1 is 0.900 bits per heavy atom. The fourth-order valence-corrected chi connectivity index (χ4v) is 0. The van der Waals surface area contributed by atoms with E-state index in [1.54, 1.807) is 0 Å². The van der Waals surface area contributed by atoms with Gasteiger partial charge in [-0.25, -0.2) is 9.59 Å². The molecule has 0 spiro atoms. The molecule has 0 aromatic rings. The summed E-state index contributed by atoms with van der Waals surface area (Å²) in [4.78, 5) is 27.6. The normalized spacial score (nSPS) is 7.00. The molecule has 0 rings (SSSR count). The molecule has 0 aliphatic carbocycles. The summed E-state index contributed by atoms with van der Waals surface area (Å²) in [6, 6.07) is 0. The molecule has 0 radical (unpaired) electrons. The maximum Gasteiger partial charge on any atom is 0.414 e. The van der Waals surface area contributed by atoms with E-state index < -0.39 is 11.9 Å². The molecule has 0 aliphatic rings. The van der Waals surface area contributed by atoms with Gasteiger partial charge in [0.2, 0.25) is 0 Å². The van der Waals surface area contributed by atoms with Crippen molar-refractivity contribution in [2.45, 2.75) is 13.8 Å². The predicted octanol–water partition coefficient (Wildman–Crippen LogP) is -0.249. The van der Waals surface area contributed by atoms with E-state index in [-0.39, 0.29) is 5.78 Å². The van der Waals surface area contributed by atoms with Gasteiger partial charge in [-0.05, 0) is 13.8 Å². The molecule has 0 aromatic heterocycles. The van der Waals surface area contributed by atoms with E-state index in [4.69, 9.17) is 19.8 Å². The lowest BCUT2D eigenvalue weighted by Crippen LogP contribution is -2.09. The highest BCUT2D eigenvalue weighted by Gasteiger charge is 2.04. The van der Waals surface area contributed by atoms with Gasteiger partial charge in [0.15, 0.2) is 0 Å². The van der Waals surface area contributed by atoms with E-state index in [2.05, 4.69) is 0 Å². The Hall–Kier alpha value is -1.39. The number of carboxylic acids is 2. The quantitative estimate of drug-likeness (QED) is 0.462. The zero-order valence-corrected chi connectivity index (χ0v) is 5.62. The van der Waals surface area contributed by atoms with Crippen LogP contribution in [0.3, 0.4) is 0 Å². The Morgan fingerprint density at radius 2 is 1.00 bits per heavy atom. The van der Waals surface area contributed by atoms with Gasteiger partial charge in [0.05, 0.1) is 0 Å². The summed E-state index contributed by atoms with van der Waals surface area (Å²) >= 11 is 0. The Morgan fingerprint density at radius 3 is 1.00 bits per heavy atom. The summed E-state index contributed by atoms with van der Waals surface area (Å²) in [7, 11) is 0. The Balaban J connectivity index is 0. The van der Waals surface area contributed by atoms with Gasteiger partial charge in [-0.3, -0.25) is 0 Å². The molecule has 5 heteroatoms. The van der Waals surface area contributed by atoms with Gasteiger partial charge in [0, 0.05) is 0 Å². The highest BCUT2D eigenvalue weighted by molar-refractivity contribution is 6.27. The zero-order valence-electron chi connectivity index (χ0n) is 5.62. The fraction of sp³-hybridized carbons (Fsp3) is 0.400. The minimum atomic E-state index is -1.82. The number of aliphatic carboxylic acids is 2. The van der Waals surface area contributed by atoms with Crippen LogP contribution in [0.5, 0.6) is 0 Å². The van der Waals surface area contributed by atoms with E-state index in [0.717, 1.165) is 0 Å². The molecule has 0 aromatic carbocycles. The molecule has 5 nitrogen and oxygen atoms in total. The topological polar surface area (TPSA) is 91.7 Å². The minimum Gasteiger partial charge on any atom is -0.473 e. The minimum absolute atomic E-state index is 0.167. The van der Waals surface area contributed by atoms with Crippen molar-refractivity contribution in [1.29, 1.82) is 0 Å². The number of Topliss-reactive ketones (excluding diaryl/α,β-unsaturated/α-hetero) is 1. The van der Waals surface area contributed by atoms with Gasteiger partial charge in [-0.15, -0.1) is 0 Å². The summed E-state index contributed by atoms with van der Waals surface area (Å²) < 4.78 is 0. The van der Waals surface area contributed by atoms with Gasteiger partial charge >= 0.3 is 11.9 Å². The van der Waals surface area contributed by atoms with Crippen LogP contribution in [0.1, 0.15) is 13.8 Å². The molecule has 0 heterocycles. The van der Waals surface area contributed by atoms with E-state index in [0.29, 0.717) is 0 Å². The van der Waals surface area contributed by atoms with Crippen molar-refractivity contribution in [3.8, 4) is 0 Å². The van der Waals surface area contributed by atoms with Crippen LogP contribution in [-0.2, 0) is 14.4 Å². The van der Waals surface area contributed by atoms with Crippen LogP contribution in [0.25, 0.3) is 0 Å². The van der Waals surface area contributed by atoms with Crippen molar-refractivity contribution in [2.75, 3.05) is 0 Å². The first-order valence-corrected chi connectivity index (χ1v) is 2.31. The molecule has 10 heavy (non-hydrogen) atoms. The highest BCUT2D eigenvalue weighted by atomic mass is 16.4. The van der Waals surface area contributed by atoms with Crippen LogP contribution in [0.15, 0.2) is 0 Å². The van der Waals surface area contributed by atoms with E-state index in [1.165, 1.54) is 13.8 Å². The van der Waals surface area contributed by atoms with E-state index in [1.807, 2.05) is 0 Å². The molecule has 0 aliphatic heterocycles. The lowest BCUT2D eigenvalue weighted by Gasteiger charge is -1.72. The second-order valence-electron chi connectivity index (χ2n) is 1.52. The van der Waals surface area contributed by atoms with Crippen molar-refractivity contribution in [3.05, 3.63) is 0 Å². The third kappa shape index (κ3) is 30.5. The molecule has 58 valence electrons. The number of rotatable bonds is 0. The molecule has 0 atom stereocenters. The lowest BCUT2D eigenvalue weighted by molar-refractivity contribution is -0.159. The predicted molar refractivity (Wildman–Crippen MR) is 31.6 cm³/mol. The largest absolute Gasteiger partial charge is 0.473 e. The maximum atomic E-state index is 9.44.